The molecule has 0 spiro atoms. The van der Waals surface area contributed by atoms with Gasteiger partial charge in [0.15, 0.2) is 5.96 Å². The second-order valence-electron chi connectivity index (χ2n) is 7.36. The second-order valence-corrected chi connectivity index (χ2v) is 7.36. The van der Waals surface area contributed by atoms with E-state index in [4.69, 9.17) is 0 Å². The lowest BCUT2D eigenvalue weighted by Gasteiger charge is -2.30. The molecule has 0 aromatic carbocycles. The van der Waals surface area contributed by atoms with Crippen molar-refractivity contribution in [1.82, 2.24) is 20.9 Å². The van der Waals surface area contributed by atoms with E-state index in [9.17, 15) is 4.79 Å². The Bertz CT molecular complexity index is 364. The zero-order valence-corrected chi connectivity index (χ0v) is 16.3. The molecule has 0 radical (unpaired) electrons. The molecule has 0 aromatic heterocycles. The van der Waals surface area contributed by atoms with Gasteiger partial charge in [-0.25, -0.2) is 0 Å². The number of hydrogen-bond acceptors (Lipinski definition) is 3. The molecule has 0 aliphatic rings. The molecule has 23 heavy (non-hydrogen) atoms. The number of carbonyl (C=O) groups excluding carboxylic acids is 1. The van der Waals surface area contributed by atoms with Crippen molar-refractivity contribution in [3.63, 3.8) is 0 Å². The smallest absolute Gasteiger partial charge is 0.225 e. The van der Waals surface area contributed by atoms with Crippen molar-refractivity contribution in [1.29, 1.82) is 0 Å². The Morgan fingerprint density at radius 1 is 0.957 bits per heavy atom. The third kappa shape index (κ3) is 9.43. The Morgan fingerprint density at radius 3 is 1.87 bits per heavy atom. The van der Waals surface area contributed by atoms with E-state index in [1.165, 1.54) is 0 Å². The lowest BCUT2D eigenvalue weighted by molar-refractivity contribution is -0.128. The van der Waals surface area contributed by atoms with Crippen molar-refractivity contribution in [2.45, 2.75) is 60.5 Å². The summed E-state index contributed by atoms with van der Waals surface area (Å²) in [6.07, 6.45) is 0. The van der Waals surface area contributed by atoms with Gasteiger partial charge in [-0.15, -0.1) is 0 Å². The molecule has 0 unspecified atom stereocenters. The van der Waals surface area contributed by atoms with E-state index in [0.29, 0.717) is 25.2 Å². The predicted molar refractivity (Wildman–Crippen MR) is 98.8 cm³/mol. The molecule has 0 aromatic rings. The second kappa shape index (κ2) is 10.5. The number of hydrogen-bond donors (Lipinski definition) is 3. The summed E-state index contributed by atoms with van der Waals surface area (Å²) in [5.74, 6) is 0.828. The van der Waals surface area contributed by atoms with Gasteiger partial charge in [-0.05, 0) is 27.7 Å². The van der Waals surface area contributed by atoms with Crippen LogP contribution in [-0.4, -0.2) is 62.1 Å². The van der Waals surface area contributed by atoms with E-state index in [2.05, 4.69) is 53.5 Å². The minimum atomic E-state index is -0.350. The maximum Gasteiger partial charge on any atom is 0.225 e. The summed E-state index contributed by atoms with van der Waals surface area (Å²) < 4.78 is 0. The summed E-state index contributed by atoms with van der Waals surface area (Å²) in [6, 6.07) is 1.05. The molecule has 0 aliphatic carbocycles. The van der Waals surface area contributed by atoms with Crippen molar-refractivity contribution < 1.29 is 4.79 Å². The zero-order chi connectivity index (χ0) is 18.0. The third-order valence-corrected chi connectivity index (χ3v) is 3.60. The van der Waals surface area contributed by atoms with Gasteiger partial charge in [-0.1, -0.05) is 20.8 Å². The minimum Gasteiger partial charge on any atom is -0.355 e. The highest BCUT2D eigenvalue weighted by Gasteiger charge is 2.20. The summed E-state index contributed by atoms with van der Waals surface area (Å²) in [5, 5.41) is 9.44. The molecule has 3 N–H and O–H groups in total. The van der Waals surface area contributed by atoms with Gasteiger partial charge in [0.05, 0.1) is 0 Å². The highest BCUT2D eigenvalue weighted by molar-refractivity contribution is 5.81. The van der Waals surface area contributed by atoms with Crippen molar-refractivity contribution in [2.24, 2.45) is 10.4 Å². The number of nitrogens with one attached hydrogen (secondary N) is 3. The van der Waals surface area contributed by atoms with Crippen LogP contribution in [-0.2, 0) is 4.79 Å². The lowest BCUT2D eigenvalue weighted by atomic mass is 9.96. The number of nitrogens with zero attached hydrogens (tertiary/aromatic N) is 2. The number of amides is 1. The highest BCUT2D eigenvalue weighted by atomic mass is 16.2. The van der Waals surface area contributed by atoms with E-state index >= 15 is 0 Å². The quantitative estimate of drug-likeness (QED) is 0.358. The van der Waals surface area contributed by atoms with Crippen LogP contribution in [0.4, 0.5) is 0 Å². The summed E-state index contributed by atoms with van der Waals surface area (Å²) in [5.41, 5.74) is -0.350. The molecule has 1 amide bonds. The molecule has 0 saturated carbocycles. The third-order valence-electron chi connectivity index (χ3n) is 3.60. The first-order valence-corrected chi connectivity index (χ1v) is 8.58. The van der Waals surface area contributed by atoms with Crippen LogP contribution in [0, 0.1) is 5.41 Å². The molecule has 0 atom stereocenters. The van der Waals surface area contributed by atoms with E-state index in [0.717, 1.165) is 19.0 Å². The molecule has 6 heteroatoms. The molecule has 0 saturated heterocycles. The van der Waals surface area contributed by atoms with E-state index in [-0.39, 0.29) is 11.3 Å². The van der Waals surface area contributed by atoms with Gasteiger partial charge in [0.2, 0.25) is 5.91 Å². The van der Waals surface area contributed by atoms with Crippen LogP contribution in [0.5, 0.6) is 0 Å². The average molecular weight is 328 g/mol. The zero-order valence-electron chi connectivity index (χ0n) is 16.3. The minimum absolute atomic E-state index is 0.0618. The first kappa shape index (κ1) is 21.7. The largest absolute Gasteiger partial charge is 0.355 e. The average Bonchev–Trinajstić information content (AvgIpc) is 2.43. The molecular formula is C17H37N5O. The monoisotopic (exact) mass is 327 g/mol. The normalized spacial score (nSPS) is 12.9. The van der Waals surface area contributed by atoms with Crippen LogP contribution in [0.1, 0.15) is 48.5 Å². The Balaban J connectivity index is 4.03. The van der Waals surface area contributed by atoms with Gasteiger partial charge in [0.1, 0.15) is 0 Å². The van der Waals surface area contributed by atoms with Crippen LogP contribution < -0.4 is 16.0 Å². The van der Waals surface area contributed by atoms with Crippen LogP contribution in [0.2, 0.25) is 0 Å². The number of aliphatic imine (C=N–C) groups is 1. The standard InChI is InChI=1S/C17H37N5O/c1-13(2)22(14(3)4)12-11-21-16(18-8)20-10-9-19-15(23)17(5,6)7/h13-14H,9-12H2,1-8H3,(H,19,23)(H2,18,20,21). The maximum absolute atomic E-state index is 11.8. The van der Waals surface area contributed by atoms with Crippen LogP contribution >= 0.6 is 0 Å². The first-order chi connectivity index (χ1) is 10.6. The molecule has 0 heterocycles. The summed E-state index contributed by atoms with van der Waals surface area (Å²) in [7, 11) is 1.76. The molecule has 6 nitrogen and oxygen atoms in total. The molecule has 0 rings (SSSR count). The molecule has 0 bridgehead atoms. The Hall–Kier alpha value is -1.30. The fraction of sp³-hybridized carbons (Fsp3) is 0.882. The van der Waals surface area contributed by atoms with E-state index in [1.54, 1.807) is 7.05 Å². The summed E-state index contributed by atoms with van der Waals surface area (Å²) >= 11 is 0. The SMILES string of the molecule is CN=C(NCCNC(=O)C(C)(C)C)NCCN(C(C)C)C(C)C. The fourth-order valence-electron chi connectivity index (χ4n) is 2.26. The number of carbonyl (C=O) groups is 1. The Labute approximate surface area is 142 Å². The molecular weight excluding hydrogens is 290 g/mol. The predicted octanol–water partition coefficient (Wildman–Crippen LogP) is 1.43. The van der Waals surface area contributed by atoms with Gasteiger partial charge in [0, 0.05) is 50.7 Å². The van der Waals surface area contributed by atoms with Gasteiger partial charge in [-0.2, -0.15) is 0 Å². The lowest BCUT2D eigenvalue weighted by Crippen LogP contribution is -2.47. The maximum atomic E-state index is 11.8. The van der Waals surface area contributed by atoms with Crippen LogP contribution in [0.3, 0.4) is 0 Å². The number of guanidine groups is 1. The van der Waals surface area contributed by atoms with Crippen molar-refractivity contribution >= 4 is 11.9 Å². The van der Waals surface area contributed by atoms with Gasteiger partial charge < -0.3 is 16.0 Å². The topological polar surface area (TPSA) is 68.8 Å². The van der Waals surface area contributed by atoms with Crippen molar-refractivity contribution in [3.8, 4) is 0 Å². The van der Waals surface area contributed by atoms with Crippen molar-refractivity contribution in [2.75, 3.05) is 33.2 Å². The summed E-state index contributed by atoms with van der Waals surface area (Å²) in [6.45, 7) is 17.6. The Kier molecular flexibility index (Phi) is 9.88. The molecule has 0 aliphatic heterocycles. The molecule has 136 valence electrons. The van der Waals surface area contributed by atoms with E-state index in [1.807, 2.05) is 20.8 Å². The first-order valence-electron chi connectivity index (χ1n) is 8.58. The van der Waals surface area contributed by atoms with Crippen LogP contribution in [0.25, 0.3) is 0 Å². The van der Waals surface area contributed by atoms with Gasteiger partial charge in [-0.3, -0.25) is 14.7 Å². The highest BCUT2D eigenvalue weighted by Crippen LogP contribution is 2.11. The molecule has 0 fully saturated rings. The van der Waals surface area contributed by atoms with E-state index < -0.39 is 0 Å². The van der Waals surface area contributed by atoms with Gasteiger partial charge >= 0.3 is 0 Å². The van der Waals surface area contributed by atoms with Crippen molar-refractivity contribution in [3.05, 3.63) is 0 Å². The van der Waals surface area contributed by atoms with Crippen LogP contribution in [0.15, 0.2) is 4.99 Å². The van der Waals surface area contributed by atoms with Gasteiger partial charge in [0.25, 0.3) is 0 Å². The summed E-state index contributed by atoms with van der Waals surface area (Å²) in [4.78, 5) is 18.4. The fourth-order valence-corrected chi connectivity index (χ4v) is 2.26. The Morgan fingerprint density at radius 2 is 1.43 bits per heavy atom. The number of rotatable bonds is 8.